The summed E-state index contributed by atoms with van der Waals surface area (Å²) in [7, 11) is -1.44. The molecule has 0 amide bonds. The van der Waals surface area contributed by atoms with Crippen LogP contribution in [0, 0.1) is 6.92 Å². The maximum absolute atomic E-state index is 13.0. The van der Waals surface area contributed by atoms with Gasteiger partial charge in [0.25, 0.3) is 0 Å². The third-order valence-corrected chi connectivity index (χ3v) is 6.56. The Morgan fingerprint density at radius 2 is 2.05 bits per heavy atom. The van der Waals surface area contributed by atoms with Crippen LogP contribution in [0.5, 0.6) is 0 Å². The zero-order chi connectivity index (χ0) is 15.6. The largest absolute Gasteiger partial charge is 0.305 e. The third-order valence-electron chi connectivity index (χ3n) is 4.11. The van der Waals surface area contributed by atoms with E-state index >= 15 is 0 Å². The molecule has 0 saturated carbocycles. The summed E-state index contributed by atoms with van der Waals surface area (Å²) in [6, 6.07) is 5.30. The second kappa shape index (κ2) is 6.65. The summed E-state index contributed by atoms with van der Waals surface area (Å²) >= 11 is 5.90. The van der Waals surface area contributed by atoms with Crippen molar-refractivity contribution in [2.75, 3.05) is 26.7 Å². The molecule has 1 unspecified atom stereocenters. The SMILES string of the molecule is Cc1c(CCl)cccc1S(=O)(=O)N1CCCN(C)CC1C. The van der Waals surface area contributed by atoms with E-state index in [-0.39, 0.29) is 6.04 Å². The normalized spacial score (nSPS) is 22.2. The number of rotatable bonds is 3. The second-order valence-corrected chi connectivity index (χ2v) is 7.88. The summed E-state index contributed by atoms with van der Waals surface area (Å²) in [6.45, 7) is 6.06. The van der Waals surface area contributed by atoms with Gasteiger partial charge in [0, 0.05) is 25.0 Å². The monoisotopic (exact) mass is 330 g/mol. The summed E-state index contributed by atoms with van der Waals surface area (Å²) in [5.74, 6) is 0.327. The van der Waals surface area contributed by atoms with E-state index < -0.39 is 10.0 Å². The van der Waals surface area contributed by atoms with Gasteiger partial charge in [-0.15, -0.1) is 11.6 Å². The lowest BCUT2D eigenvalue weighted by Gasteiger charge is -2.28. The Balaban J connectivity index is 2.42. The maximum atomic E-state index is 13.0. The van der Waals surface area contributed by atoms with E-state index in [1.165, 1.54) is 0 Å². The number of alkyl halides is 1. The van der Waals surface area contributed by atoms with Crippen LogP contribution in [0.4, 0.5) is 0 Å². The lowest BCUT2D eigenvalue weighted by molar-refractivity contribution is 0.290. The molecule has 1 saturated heterocycles. The quantitative estimate of drug-likeness (QED) is 0.799. The van der Waals surface area contributed by atoms with E-state index in [2.05, 4.69) is 4.90 Å². The average molecular weight is 331 g/mol. The molecule has 1 atom stereocenters. The van der Waals surface area contributed by atoms with Crippen LogP contribution in [-0.2, 0) is 15.9 Å². The Morgan fingerprint density at radius 1 is 1.33 bits per heavy atom. The van der Waals surface area contributed by atoms with E-state index in [0.29, 0.717) is 17.3 Å². The van der Waals surface area contributed by atoms with E-state index in [4.69, 9.17) is 11.6 Å². The van der Waals surface area contributed by atoms with E-state index in [9.17, 15) is 8.42 Å². The number of hydrogen-bond acceptors (Lipinski definition) is 3. The molecule has 0 spiro atoms. The zero-order valence-electron chi connectivity index (χ0n) is 12.8. The van der Waals surface area contributed by atoms with Crippen LogP contribution in [0.3, 0.4) is 0 Å². The van der Waals surface area contributed by atoms with Crippen LogP contribution < -0.4 is 0 Å². The number of likely N-dealkylation sites (N-methyl/N-ethyl adjacent to an activating group) is 1. The first kappa shape index (κ1) is 16.7. The highest BCUT2D eigenvalue weighted by Crippen LogP contribution is 2.26. The fraction of sp³-hybridized carbons (Fsp3) is 0.600. The fourth-order valence-electron chi connectivity index (χ4n) is 2.92. The van der Waals surface area contributed by atoms with Crippen molar-refractivity contribution in [2.45, 2.75) is 37.1 Å². The molecule has 21 heavy (non-hydrogen) atoms. The van der Waals surface area contributed by atoms with Crippen LogP contribution in [0.25, 0.3) is 0 Å². The molecule has 0 N–H and O–H groups in total. The van der Waals surface area contributed by atoms with Gasteiger partial charge in [-0.1, -0.05) is 12.1 Å². The lowest BCUT2D eigenvalue weighted by Crippen LogP contribution is -2.42. The Hall–Kier alpha value is -0.620. The standard InChI is InChI=1S/C15H23ClN2O2S/c1-12-11-17(3)8-5-9-18(12)21(19,20)15-7-4-6-14(10-16)13(15)2/h4,6-7,12H,5,8-11H2,1-3H3. The molecule has 1 heterocycles. The molecule has 2 rings (SSSR count). The van der Waals surface area contributed by atoms with Gasteiger partial charge in [0.2, 0.25) is 10.0 Å². The number of benzene rings is 1. The molecule has 1 aliphatic heterocycles. The molecular weight excluding hydrogens is 308 g/mol. The highest BCUT2D eigenvalue weighted by molar-refractivity contribution is 7.89. The first-order valence-corrected chi connectivity index (χ1v) is 9.20. The van der Waals surface area contributed by atoms with Gasteiger partial charge in [-0.25, -0.2) is 8.42 Å². The molecule has 0 radical (unpaired) electrons. The molecule has 0 aliphatic carbocycles. The number of sulfonamides is 1. The van der Waals surface area contributed by atoms with Gasteiger partial charge < -0.3 is 4.90 Å². The van der Waals surface area contributed by atoms with Crippen LogP contribution in [0.2, 0.25) is 0 Å². The van der Waals surface area contributed by atoms with Crippen LogP contribution in [0.1, 0.15) is 24.5 Å². The molecule has 4 nitrogen and oxygen atoms in total. The van der Waals surface area contributed by atoms with Gasteiger partial charge in [-0.05, 0) is 51.1 Å². The van der Waals surface area contributed by atoms with Gasteiger partial charge in [-0.2, -0.15) is 4.31 Å². The average Bonchev–Trinajstić information content (AvgIpc) is 2.59. The molecule has 1 aromatic carbocycles. The van der Waals surface area contributed by atoms with Gasteiger partial charge in [-0.3, -0.25) is 0 Å². The number of halogens is 1. The first-order chi connectivity index (χ1) is 9.87. The minimum atomic E-state index is -3.47. The maximum Gasteiger partial charge on any atom is 0.243 e. The third kappa shape index (κ3) is 3.42. The molecule has 6 heteroatoms. The summed E-state index contributed by atoms with van der Waals surface area (Å²) in [5.41, 5.74) is 1.63. The molecular formula is C15H23ClN2O2S. The molecule has 0 aromatic heterocycles. The minimum Gasteiger partial charge on any atom is -0.305 e. The lowest BCUT2D eigenvalue weighted by atomic mass is 10.1. The van der Waals surface area contributed by atoms with Gasteiger partial charge in [0.1, 0.15) is 0 Å². The Morgan fingerprint density at radius 3 is 2.71 bits per heavy atom. The second-order valence-electron chi connectivity index (χ2n) is 5.75. The van der Waals surface area contributed by atoms with Crippen molar-refractivity contribution < 1.29 is 8.42 Å². The molecule has 1 aromatic rings. The first-order valence-electron chi connectivity index (χ1n) is 7.22. The van der Waals surface area contributed by atoms with Crippen molar-refractivity contribution in [2.24, 2.45) is 0 Å². The molecule has 1 fully saturated rings. The molecule has 118 valence electrons. The molecule has 0 bridgehead atoms. The fourth-order valence-corrected chi connectivity index (χ4v) is 5.14. The van der Waals surface area contributed by atoms with Crippen molar-refractivity contribution >= 4 is 21.6 Å². The predicted octanol–water partition coefficient (Wildman–Crippen LogP) is 2.45. The minimum absolute atomic E-state index is 0.0263. The highest BCUT2D eigenvalue weighted by Gasteiger charge is 2.32. The predicted molar refractivity (Wildman–Crippen MR) is 86.2 cm³/mol. The van der Waals surface area contributed by atoms with Gasteiger partial charge >= 0.3 is 0 Å². The van der Waals surface area contributed by atoms with Crippen LogP contribution in [0.15, 0.2) is 23.1 Å². The summed E-state index contributed by atoms with van der Waals surface area (Å²) < 4.78 is 27.7. The topological polar surface area (TPSA) is 40.6 Å². The van der Waals surface area contributed by atoms with Crippen molar-refractivity contribution in [3.8, 4) is 0 Å². The Kier molecular flexibility index (Phi) is 5.30. The Bertz CT molecular complexity index is 604. The molecule has 1 aliphatic rings. The number of nitrogens with zero attached hydrogens (tertiary/aromatic N) is 2. The van der Waals surface area contributed by atoms with E-state index in [1.807, 2.05) is 27.0 Å². The smallest absolute Gasteiger partial charge is 0.243 e. The van der Waals surface area contributed by atoms with E-state index in [1.54, 1.807) is 16.4 Å². The van der Waals surface area contributed by atoms with Crippen molar-refractivity contribution in [3.63, 3.8) is 0 Å². The highest BCUT2D eigenvalue weighted by atomic mass is 35.5. The van der Waals surface area contributed by atoms with Crippen molar-refractivity contribution in [1.29, 1.82) is 0 Å². The van der Waals surface area contributed by atoms with Gasteiger partial charge in [0.15, 0.2) is 0 Å². The van der Waals surface area contributed by atoms with Crippen molar-refractivity contribution in [3.05, 3.63) is 29.3 Å². The van der Waals surface area contributed by atoms with Crippen LogP contribution in [-0.4, -0.2) is 50.3 Å². The zero-order valence-corrected chi connectivity index (χ0v) is 14.4. The van der Waals surface area contributed by atoms with Gasteiger partial charge in [0.05, 0.1) is 4.90 Å². The Labute approximate surface area is 132 Å². The summed E-state index contributed by atoms with van der Waals surface area (Å²) in [5, 5.41) is 0. The van der Waals surface area contributed by atoms with Crippen LogP contribution >= 0.6 is 11.6 Å². The van der Waals surface area contributed by atoms with E-state index in [0.717, 1.165) is 30.6 Å². The van der Waals surface area contributed by atoms with Crippen molar-refractivity contribution in [1.82, 2.24) is 9.21 Å². The number of hydrogen-bond donors (Lipinski definition) is 0. The summed E-state index contributed by atoms with van der Waals surface area (Å²) in [4.78, 5) is 2.57. The summed E-state index contributed by atoms with van der Waals surface area (Å²) in [6.07, 6.45) is 0.855.